The van der Waals surface area contributed by atoms with Gasteiger partial charge in [0.2, 0.25) is 17.7 Å². The molecule has 38 heavy (non-hydrogen) atoms. The Bertz CT molecular complexity index is 983. The summed E-state index contributed by atoms with van der Waals surface area (Å²) in [4.78, 5) is 53.7. The summed E-state index contributed by atoms with van der Waals surface area (Å²) in [6.07, 6.45) is 6.04. The molecule has 1 aromatic carbocycles. The lowest BCUT2D eigenvalue weighted by molar-refractivity contribution is -0.147. The number of carbonyl (C=O) groups excluding carboxylic acids is 4. The van der Waals surface area contributed by atoms with Gasteiger partial charge >= 0.3 is 6.09 Å². The first-order valence-electron chi connectivity index (χ1n) is 13.6. The first-order valence-corrected chi connectivity index (χ1v) is 13.6. The molecule has 9 heteroatoms. The molecule has 0 radical (unpaired) electrons. The number of nitrogens with one attached hydrogen (secondary N) is 2. The van der Waals surface area contributed by atoms with Crippen molar-refractivity contribution >= 4 is 29.9 Å². The highest BCUT2D eigenvalue weighted by atomic mass is 16.6. The van der Waals surface area contributed by atoms with E-state index in [0.717, 1.165) is 44.1 Å². The molecular formula is C29H44N4O5. The second kappa shape index (κ2) is 14.5. The van der Waals surface area contributed by atoms with Gasteiger partial charge in [0.1, 0.15) is 17.7 Å². The maximum atomic E-state index is 14.1. The molecule has 0 heterocycles. The van der Waals surface area contributed by atoms with Gasteiger partial charge in [0, 0.05) is 19.0 Å². The average molecular weight is 529 g/mol. The first-order chi connectivity index (χ1) is 18.0. The van der Waals surface area contributed by atoms with Crippen LogP contribution in [0.3, 0.4) is 0 Å². The van der Waals surface area contributed by atoms with Gasteiger partial charge in [0.15, 0.2) is 0 Å². The molecule has 1 aromatic rings. The lowest BCUT2D eigenvalue weighted by atomic mass is 9.87. The van der Waals surface area contributed by atoms with Crippen LogP contribution in [-0.4, -0.2) is 52.9 Å². The lowest BCUT2D eigenvalue weighted by Gasteiger charge is -2.43. The van der Waals surface area contributed by atoms with Crippen LogP contribution in [0.1, 0.15) is 96.2 Å². The Hall–Kier alpha value is -3.36. The number of nitrogens with zero attached hydrogens (tertiary/aromatic N) is 1. The fourth-order valence-corrected chi connectivity index (χ4v) is 4.33. The van der Waals surface area contributed by atoms with Crippen molar-refractivity contribution in [1.29, 1.82) is 0 Å². The fourth-order valence-electron chi connectivity index (χ4n) is 4.33. The normalized spacial score (nSPS) is 14.9. The minimum atomic E-state index is -1.09. The molecule has 0 aromatic heterocycles. The average Bonchev–Trinajstić information content (AvgIpc) is 2.81. The largest absolute Gasteiger partial charge is 0.444 e. The molecule has 0 saturated heterocycles. The highest BCUT2D eigenvalue weighted by molar-refractivity contribution is 5.93. The Labute approximate surface area is 226 Å². The molecule has 210 valence electrons. The van der Waals surface area contributed by atoms with Gasteiger partial charge in [-0.15, -0.1) is 0 Å². The molecule has 1 fully saturated rings. The number of primary amides is 1. The number of unbranched alkanes of at least 4 members (excludes halogenated alkanes) is 2. The number of amides is 4. The molecule has 2 unspecified atom stereocenters. The van der Waals surface area contributed by atoms with Crippen LogP contribution >= 0.6 is 0 Å². The number of hydrogen-bond donors (Lipinski definition) is 3. The molecule has 1 saturated carbocycles. The third-order valence-electron chi connectivity index (χ3n) is 6.46. The van der Waals surface area contributed by atoms with Crippen molar-refractivity contribution < 1.29 is 23.9 Å². The Kier molecular flexibility index (Phi) is 11.8. The van der Waals surface area contributed by atoms with Crippen LogP contribution in [0.2, 0.25) is 0 Å². The molecule has 2 atom stereocenters. The highest BCUT2D eigenvalue weighted by Crippen LogP contribution is 2.34. The van der Waals surface area contributed by atoms with Crippen LogP contribution in [0, 0.1) is 0 Å². The lowest BCUT2D eigenvalue weighted by Crippen LogP contribution is -2.57. The quantitative estimate of drug-likeness (QED) is 0.311. The summed E-state index contributed by atoms with van der Waals surface area (Å²) >= 11 is 0. The smallest absolute Gasteiger partial charge is 0.408 e. The summed E-state index contributed by atoms with van der Waals surface area (Å²) in [6.45, 7) is 11.6. The van der Waals surface area contributed by atoms with Crippen molar-refractivity contribution in [3.8, 4) is 0 Å². The zero-order valence-electron chi connectivity index (χ0n) is 23.3. The topological polar surface area (TPSA) is 131 Å². The zero-order chi connectivity index (χ0) is 28.3. The second-order valence-corrected chi connectivity index (χ2v) is 10.8. The fraction of sp³-hybridized carbons (Fsp3) is 0.586. The summed E-state index contributed by atoms with van der Waals surface area (Å²) in [7, 11) is 0. The van der Waals surface area contributed by atoms with Crippen LogP contribution in [0.5, 0.6) is 0 Å². The van der Waals surface area contributed by atoms with E-state index in [4.69, 9.17) is 10.5 Å². The van der Waals surface area contributed by atoms with Crippen LogP contribution in [0.4, 0.5) is 4.79 Å². The number of carbonyl (C=O) groups is 4. The van der Waals surface area contributed by atoms with Gasteiger partial charge < -0.3 is 26.0 Å². The summed E-state index contributed by atoms with van der Waals surface area (Å²) in [6, 6.07) is 5.20. The van der Waals surface area contributed by atoms with Crippen LogP contribution in [0.15, 0.2) is 30.8 Å². The minimum absolute atomic E-state index is 0.00579. The van der Waals surface area contributed by atoms with Gasteiger partial charge in [-0.1, -0.05) is 50.6 Å². The van der Waals surface area contributed by atoms with Crippen LogP contribution in [-0.2, 0) is 19.1 Å². The second-order valence-electron chi connectivity index (χ2n) is 10.8. The summed E-state index contributed by atoms with van der Waals surface area (Å²) in [5.74, 6) is -1.32. The number of benzene rings is 1. The molecule has 1 aliphatic rings. The first kappa shape index (κ1) is 30.9. The molecule has 9 nitrogen and oxygen atoms in total. The van der Waals surface area contributed by atoms with Crippen molar-refractivity contribution in [2.24, 2.45) is 5.73 Å². The van der Waals surface area contributed by atoms with Gasteiger partial charge in [0.05, 0.1) is 0 Å². The Morgan fingerprint density at radius 2 is 1.92 bits per heavy atom. The Morgan fingerprint density at radius 3 is 2.47 bits per heavy atom. The van der Waals surface area contributed by atoms with Gasteiger partial charge in [-0.2, -0.15) is 0 Å². The predicted octanol–water partition coefficient (Wildman–Crippen LogP) is 4.22. The standard InChI is InChI=1S/C29H44N4O5/c1-6-8-9-18-31-26(35)25(21-13-10-12-20(7-2)19-21)33(22-14-11-15-22)27(36)23(16-17-24(30)34)32-28(37)38-29(3,4)5/h7,10,12-13,19,22-23,25H,2,6,8-9,11,14-18H2,1,3-5H3,(H2,30,34)(H,31,35)(H,32,37). The monoisotopic (exact) mass is 528 g/mol. The predicted molar refractivity (Wildman–Crippen MR) is 148 cm³/mol. The van der Waals surface area contributed by atoms with Crippen molar-refractivity contribution in [1.82, 2.24) is 15.5 Å². The van der Waals surface area contributed by atoms with E-state index in [0.29, 0.717) is 12.1 Å². The van der Waals surface area contributed by atoms with Gasteiger partial charge in [-0.3, -0.25) is 14.4 Å². The number of hydrogen-bond acceptors (Lipinski definition) is 5. The molecule has 4 amide bonds. The van der Waals surface area contributed by atoms with Crippen LogP contribution in [0.25, 0.3) is 6.08 Å². The van der Waals surface area contributed by atoms with Gasteiger partial charge in [-0.25, -0.2) is 4.79 Å². The number of nitrogens with two attached hydrogens (primary N) is 1. The third kappa shape index (κ3) is 9.50. The van der Waals surface area contributed by atoms with Crippen molar-refractivity contribution in [2.75, 3.05) is 6.54 Å². The van der Waals surface area contributed by atoms with E-state index in [1.165, 1.54) is 0 Å². The molecule has 0 aliphatic heterocycles. The van der Waals surface area contributed by atoms with Gasteiger partial charge in [-0.05, 0) is 70.1 Å². The molecule has 1 aliphatic carbocycles. The highest BCUT2D eigenvalue weighted by Gasteiger charge is 2.42. The molecule has 4 N–H and O–H groups in total. The van der Waals surface area contributed by atoms with Crippen LogP contribution < -0.4 is 16.4 Å². The van der Waals surface area contributed by atoms with Crippen molar-refractivity contribution in [3.05, 3.63) is 42.0 Å². The SMILES string of the molecule is C=Cc1cccc(C(C(=O)NCCCCC)N(C(=O)C(CCC(N)=O)NC(=O)OC(C)(C)C)C2CCC2)c1. The molecular weight excluding hydrogens is 484 g/mol. The number of ether oxygens (including phenoxy) is 1. The minimum Gasteiger partial charge on any atom is -0.444 e. The Balaban J connectivity index is 2.47. The van der Waals surface area contributed by atoms with E-state index >= 15 is 0 Å². The van der Waals surface area contributed by atoms with E-state index in [-0.39, 0.29) is 24.8 Å². The van der Waals surface area contributed by atoms with E-state index in [1.807, 2.05) is 24.3 Å². The molecule has 0 spiro atoms. The number of rotatable bonds is 14. The van der Waals surface area contributed by atoms with E-state index in [2.05, 4.69) is 24.1 Å². The van der Waals surface area contributed by atoms with Crippen molar-refractivity contribution in [2.45, 2.75) is 103 Å². The third-order valence-corrected chi connectivity index (χ3v) is 6.46. The van der Waals surface area contributed by atoms with Crippen molar-refractivity contribution in [3.63, 3.8) is 0 Å². The summed E-state index contributed by atoms with van der Waals surface area (Å²) < 4.78 is 5.38. The zero-order valence-corrected chi connectivity index (χ0v) is 23.3. The maximum absolute atomic E-state index is 14.1. The van der Waals surface area contributed by atoms with E-state index in [1.54, 1.807) is 31.7 Å². The van der Waals surface area contributed by atoms with E-state index in [9.17, 15) is 19.2 Å². The Morgan fingerprint density at radius 1 is 1.21 bits per heavy atom. The van der Waals surface area contributed by atoms with E-state index < -0.39 is 35.6 Å². The summed E-state index contributed by atoms with van der Waals surface area (Å²) in [5, 5.41) is 5.64. The maximum Gasteiger partial charge on any atom is 0.408 e. The molecule has 0 bridgehead atoms. The molecule has 2 rings (SSSR count). The summed E-state index contributed by atoms with van der Waals surface area (Å²) in [5.41, 5.74) is 6.08. The number of alkyl carbamates (subject to hydrolysis) is 1. The van der Waals surface area contributed by atoms with Gasteiger partial charge in [0.25, 0.3) is 0 Å².